The fraction of sp³-hybridized carbons (Fsp3) is 0.211. The van der Waals surface area contributed by atoms with Gasteiger partial charge < -0.3 is 4.74 Å². The maximum atomic E-state index is 13.7. The number of ether oxygens (including phenoxy) is 1. The zero-order valence-corrected chi connectivity index (χ0v) is 14.1. The molecule has 0 atom stereocenters. The molecule has 0 unspecified atom stereocenters. The lowest BCUT2D eigenvalue weighted by Gasteiger charge is -2.16. The van der Waals surface area contributed by atoms with Crippen LogP contribution >= 0.6 is 0 Å². The second-order valence-corrected chi connectivity index (χ2v) is 5.90. The number of methoxy groups -OCH3 is 1. The molecule has 0 aliphatic heterocycles. The predicted molar refractivity (Wildman–Crippen MR) is 91.6 cm³/mol. The van der Waals surface area contributed by atoms with Crippen molar-refractivity contribution in [3.8, 4) is 11.4 Å². The summed E-state index contributed by atoms with van der Waals surface area (Å²) in [5.74, 6) is -0.0794. The summed E-state index contributed by atoms with van der Waals surface area (Å²) in [4.78, 5) is 1.91. The van der Waals surface area contributed by atoms with Crippen LogP contribution in [0.4, 0.5) is 8.78 Å². The van der Waals surface area contributed by atoms with Crippen LogP contribution in [0.5, 0.6) is 5.75 Å². The van der Waals surface area contributed by atoms with Gasteiger partial charge in [0.15, 0.2) is 0 Å². The Balaban J connectivity index is 1.69. The normalized spacial score (nSPS) is 11.1. The van der Waals surface area contributed by atoms with Crippen LogP contribution in [0.15, 0.2) is 54.9 Å². The van der Waals surface area contributed by atoms with Crippen LogP contribution < -0.4 is 4.74 Å². The van der Waals surface area contributed by atoms with Crippen molar-refractivity contribution in [1.29, 1.82) is 0 Å². The van der Waals surface area contributed by atoms with Gasteiger partial charge in [0.25, 0.3) is 0 Å². The van der Waals surface area contributed by atoms with Gasteiger partial charge in [-0.3, -0.25) is 4.90 Å². The van der Waals surface area contributed by atoms with E-state index in [1.165, 1.54) is 6.07 Å². The van der Waals surface area contributed by atoms with Crippen LogP contribution in [-0.2, 0) is 13.1 Å². The molecule has 0 radical (unpaired) electrons. The Kier molecular flexibility index (Phi) is 5.09. The highest BCUT2D eigenvalue weighted by molar-refractivity contribution is 5.38. The third kappa shape index (κ3) is 4.22. The van der Waals surface area contributed by atoms with Crippen LogP contribution in [0.3, 0.4) is 0 Å². The molecular formula is C19H19F2N3O. The minimum absolute atomic E-state index is 0.313. The molecule has 1 heterocycles. The van der Waals surface area contributed by atoms with E-state index in [0.717, 1.165) is 29.1 Å². The Hall–Kier alpha value is -2.73. The molecule has 0 N–H and O–H groups in total. The Bertz CT molecular complexity index is 863. The van der Waals surface area contributed by atoms with Crippen molar-refractivity contribution in [1.82, 2.24) is 14.7 Å². The standard InChI is InChI=1S/C19H19F2N3O/c1-23(13-15-8-16(20)6-7-19(15)21)11-14-10-22-24(12-14)17-4-3-5-18(9-17)25-2/h3-10,12H,11,13H2,1-2H3. The summed E-state index contributed by atoms with van der Waals surface area (Å²) in [6, 6.07) is 11.1. The number of hydrogen-bond donors (Lipinski definition) is 0. The average Bonchev–Trinajstić information content (AvgIpc) is 3.06. The number of hydrogen-bond acceptors (Lipinski definition) is 3. The van der Waals surface area contributed by atoms with Crippen LogP contribution in [0.2, 0.25) is 0 Å². The van der Waals surface area contributed by atoms with E-state index in [0.29, 0.717) is 18.7 Å². The molecule has 0 aliphatic rings. The number of nitrogens with zero attached hydrogens (tertiary/aromatic N) is 3. The highest BCUT2D eigenvalue weighted by Crippen LogP contribution is 2.17. The molecule has 0 amide bonds. The summed E-state index contributed by atoms with van der Waals surface area (Å²) >= 11 is 0. The SMILES string of the molecule is COc1cccc(-n2cc(CN(C)Cc3cc(F)ccc3F)cn2)c1. The Labute approximate surface area is 145 Å². The molecule has 130 valence electrons. The van der Waals surface area contributed by atoms with Crippen LogP contribution in [0, 0.1) is 11.6 Å². The molecular weight excluding hydrogens is 324 g/mol. The van der Waals surface area contributed by atoms with E-state index in [4.69, 9.17) is 4.74 Å². The number of halogens is 2. The van der Waals surface area contributed by atoms with E-state index < -0.39 is 11.6 Å². The lowest BCUT2D eigenvalue weighted by Crippen LogP contribution is -2.17. The third-order valence-electron chi connectivity index (χ3n) is 3.85. The van der Waals surface area contributed by atoms with Gasteiger partial charge in [-0.15, -0.1) is 0 Å². The van der Waals surface area contributed by atoms with Crippen molar-refractivity contribution in [2.75, 3.05) is 14.2 Å². The fourth-order valence-corrected chi connectivity index (χ4v) is 2.66. The highest BCUT2D eigenvalue weighted by Gasteiger charge is 2.09. The quantitative estimate of drug-likeness (QED) is 0.682. The Morgan fingerprint density at radius 1 is 1.12 bits per heavy atom. The van der Waals surface area contributed by atoms with Gasteiger partial charge in [-0.2, -0.15) is 5.10 Å². The van der Waals surface area contributed by atoms with Gasteiger partial charge >= 0.3 is 0 Å². The van der Waals surface area contributed by atoms with Crippen molar-refractivity contribution < 1.29 is 13.5 Å². The molecule has 4 nitrogen and oxygen atoms in total. The molecule has 1 aromatic heterocycles. The van der Waals surface area contributed by atoms with Gasteiger partial charge in [0.2, 0.25) is 0 Å². The molecule has 0 bridgehead atoms. The molecule has 0 fully saturated rings. The first kappa shape index (κ1) is 17.1. The van der Waals surface area contributed by atoms with E-state index in [-0.39, 0.29) is 0 Å². The zero-order valence-electron chi connectivity index (χ0n) is 14.1. The van der Waals surface area contributed by atoms with Crippen molar-refractivity contribution in [2.45, 2.75) is 13.1 Å². The first-order chi connectivity index (χ1) is 12.0. The van der Waals surface area contributed by atoms with Crippen LogP contribution in [0.1, 0.15) is 11.1 Å². The predicted octanol–water partition coefficient (Wildman–Crippen LogP) is 3.79. The molecule has 0 aliphatic carbocycles. The summed E-state index contributed by atoms with van der Waals surface area (Å²) in [6.07, 6.45) is 3.67. The first-order valence-electron chi connectivity index (χ1n) is 7.85. The Morgan fingerprint density at radius 2 is 1.96 bits per heavy atom. The third-order valence-corrected chi connectivity index (χ3v) is 3.85. The van der Waals surface area contributed by atoms with Gasteiger partial charge in [-0.05, 0) is 37.4 Å². The van der Waals surface area contributed by atoms with E-state index >= 15 is 0 Å². The van der Waals surface area contributed by atoms with Gasteiger partial charge in [0.1, 0.15) is 17.4 Å². The number of rotatable bonds is 6. The van der Waals surface area contributed by atoms with E-state index in [1.54, 1.807) is 18.0 Å². The van der Waals surface area contributed by atoms with Crippen molar-refractivity contribution >= 4 is 0 Å². The summed E-state index contributed by atoms with van der Waals surface area (Å²) in [5.41, 5.74) is 2.20. The van der Waals surface area contributed by atoms with E-state index in [2.05, 4.69) is 5.10 Å². The number of benzene rings is 2. The van der Waals surface area contributed by atoms with Crippen LogP contribution in [-0.4, -0.2) is 28.8 Å². The van der Waals surface area contributed by atoms with E-state index in [9.17, 15) is 8.78 Å². The van der Waals surface area contributed by atoms with Gasteiger partial charge in [-0.1, -0.05) is 6.07 Å². The molecule has 0 saturated heterocycles. The zero-order chi connectivity index (χ0) is 17.8. The molecule has 3 aromatic rings. The molecule has 0 saturated carbocycles. The molecule has 0 spiro atoms. The smallest absolute Gasteiger partial charge is 0.127 e. The van der Waals surface area contributed by atoms with Crippen LogP contribution in [0.25, 0.3) is 5.69 Å². The minimum atomic E-state index is -0.435. The van der Waals surface area contributed by atoms with Crippen molar-refractivity contribution in [3.63, 3.8) is 0 Å². The molecule has 2 aromatic carbocycles. The second-order valence-electron chi connectivity index (χ2n) is 5.90. The lowest BCUT2D eigenvalue weighted by molar-refractivity contribution is 0.313. The summed E-state index contributed by atoms with van der Waals surface area (Å²) in [7, 11) is 3.47. The maximum absolute atomic E-state index is 13.7. The van der Waals surface area contributed by atoms with Crippen molar-refractivity contribution in [3.05, 3.63) is 77.6 Å². The second kappa shape index (κ2) is 7.44. The average molecular weight is 343 g/mol. The summed E-state index contributed by atoms with van der Waals surface area (Å²) < 4.78 is 34.0. The fourth-order valence-electron chi connectivity index (χ4n) is 2.66. The molecule has 6 heteroatoms. The van der Waals surface area contributed by atoms with Gasteiger partial charge in [0, 0.05) is 36.5 Å². The maximum Gasteiger partial charge on any atom is 0.127 e. The minimum Gasteiger partial charge on any atom is -0.497 e. The number of aromatic nitrogens is 2. The van der Waals surface area contributed by atoms with Crippen molar-refractivity contribution in [2.24, 2.45) is 0 Å². The first-order valence-corrected chi connectivity index (χ1v) is 7.85. The molecule has 25 heavy (non-hydrogen) atoms. The topological polar surface area (TPSA) is 30.3 Å². The van der Waals surface area contributed by atoms with Gasteiger partial charge in [0.05, 0.1) is 19.0 Å². The summed E-state index contributed by atoms with van der Waals surface area (Å²) in [6.45, 7) is 0.883. The molecule has 3 rings (SSSR count). The summed E-state index contributed by atoms with van der Waals surface area (Å²) in [5, 5.41) is 4.35. The van der Waals surface area contributed by atoms with E-state index in [1.807, 2.05) is 42.4 Å². The monoisotopic (exact) mass is 343 g/mol. The largest absolute Gasteiger partial charge is 0.497 e. The lowest BCUT2D eigenvalue weighted by atomic mass is 10.2. The van der Waals surface area contributed by atoms with Gasteiger partial charge in [-0.25, -0.2) is 13.5 Å². The highest BCUT2D eigenvalue weighted by atomic mass is 19.1. The Morgan fingerprint density at radius 3 is 2.76 bits per heavy atom.